The van der Waals surface area contributed by atoms with Crippen LogP contribution in [-0.2, 0) is 4.74 Å². The van der Waals surface area contributed by atoms with Crippen LogP contribution in [-0.4, -0.2) is 45.8 Å². The predicted octanol–water partition coefficient (Wildman–Crippen LogP) is 0.297. The molecule has 0 aliphatic heterocycles. The number of aliphatic hydroxyl groups excluding tert-OH is 4. The zero-order chi connectivity index (χ0) is 13.3. The fourth-order valence-electron chi connectivity index (χ4n) is 1.20. The molecular weight excluding hydrogens is 224 g/mol. The number of aliphatic hydroxyl groups is 4. The Morgan fingerprint density at radius 1 is 0.882 bits per heavy atom. The molecule has 0 radical (unpaired) electrons. The van der Waals surface area contributed by atoms with Crippen molar-refractivity contribution >= 4 is 0 Å². The van der Waals surface area contributed by atoms with Crippen LogP contribution in [0.1, 0.15) is 25.7 Å². The second kappa shape index (κ2) is 9.18. The summed E-state index contributed by atoms with van der Waals surface area (Å²) in [6.45, 7) is 7.05. The normalized spacial score (nSPS) is 14.1. The zero-order valence-corrected chi connectivity index (χ0v) is 10.0. The van der Waals surface area contributed by atoms with Crippen molar-refractivity contribution in [1.29, 1.82) is 0 Å². The molecule has 5 heteroatoms. The Morgan fingerprint density at radius 2 is 1.24 bits per heavy atom. The van der Waals surface area contributed by atoms with Crippen LogP contribution in [0.25, 0.3) is 0 Å². The summed E-state index contributed by atoms with van der Waals surface area (Å²) in [5, 5.41) is 36.3. The first-order chi connectivity index (χ1) is 8.02. The van der Waals surface area contributed by atoms with Crippen LogP contribution in [0.15, 0.2) is 24.7 Å². The molecular formula is C12H22O5. The molecule has 4 N–H and O–H groups in total. The first-order valence-corrected chi connectivity index (χ1v) is 5.66. The smallest absolute Gasteiger partial charge is 0.125 e. The highest BCUT2D eigenvalue weighted by atomic mass is 16.5. The maximum absolute atomic E-state index is 9.56. The average molecular weight is 246 g/mol. The molecule has 0 fully saturated rings. The van der Waals surface area contributed by atoms with E-state index >= 15 is 0 Å². The Hall–Kier alpha value is -0.880. The fourth-order valence-corrected chi connectivity index (χ4v) is 1.20. The number of rotatable bonds is 10. The van der Waals surface area contributed by atoms with Gasteiger partial charge in [0.2, 0.25) is 0 Å². The van der Waals surface area contributed by atoms with Crippen molar-refractivity contribution in [1.82, 2.24) is 0 Å². The van der Waals surface area contributed by atoms with Crippen LogP contribution in [0.2, 0.25) is 0 Å². The number of ether oxygens (including phenoxy) is 1. The molecule has 0 heterocycles. The van der Waals surface area contributed by atoms with Gasteiger partial charge in [-0.25, -0.2) is 0 Å². The van der Waals surface area contributed by atoms with Crippen LogP contribution < -0.4 is 0 Å². The molecule has 0 aliphatic carbocycles. The molecule has 0 spiro atoms. The van der Waals surface area contributed by atoms with Gasteiger partial charge in [0.05, 0.1) is 0 Å². The maximum atomic E-state index is 9.56. The van der Waals surface area contributed by atoms with Gasteiger partial charge in [0.25, 0.3) is 0 Å². The summed E-state index contributed by atoms with van der Waals surface area (Å²) in [6, 6.07) is 0. The van der Waals surface area contributed by atoms with Crippen LogP contribution >= 0.6 is 0 Å². The Kier molecular flexibility index (Phi) is 8.71. The van der Waals surface area contributed by atoms with Crippen molar-refractivity contribution in [2.24, 2.45) is 0 Å². The topological polar surface area (TPSA) is 90.2 Å². The summed E-state index contributed by atoms with van der Waals surface area (Å²) in [5.74, 6) is 0.206. The molecule has 0 rings (SSSR count). The molecule has 0 saturated carbocycles. The van der Waals surface area contributed by atoms with E-state index in [1.165, 1.54) is 0 Å². The highest BCUT2D eigenvalue weighted by molar-refractivity contribution is 5.01. The van der Waals surface area contributed by atoms with Gasteiger partial charge < -0.3 is 25.2 Å². The van der Waals surface area contributed by atoms with E-state index in [9.17, 15) is 10.2 Å². The second-order valence-corrected chi connectivity index (χ2v) is 3.80. The lowest BCUT2D eigenvalue weighted by molar-refractivity contribution is 0.0783. The van der Waals surface area contributed by atoms with Gasteiger partial charge in [-0.15, -0.1) is 0 Å². The van der Waals surface area contributed by atoms with E-state index in [2.05, 4.69) is 13.2 Å². The summed E-state index contributed by atoms with van der Waals surface area (Å²) >= 11 is 0. The lowest BCUT2D eigenvalue weighted by Crippen LogP contribution is -2.18. The third-order valence-electron chi connectivity index (χ3n) is 2.28. The molecule has 0 aliphatic rings. The highest BCUT2D eigenvalue weighted by Gasteiger charge is 2.15. The quantitative estimate of drug-likeness (QED) is 0.416. The summed E-state index contributed by atoms with van der Waals surface area (Å²) in [6.07, 6.45) is -0.190. The molecule has 2 unspecified atom stereocenters. The Balaban J connectivity index is 3.97. The van der Waals surface area contributed by atoms with E-state index in [0.717, 1.165) is 0 Å². The van der Waals surface area contributed by atoms with Gasteiger partial charge in [-0.1, -0.05) is 13.2 Å². The minimum absolute atomic E-state index is 0.00951. The van der Waals surface area contributed by atoms with Gasteiger partial charge in [-0.3, -0.25) is 0 Å². The average Bonchev–Trinajstić information content (AvgIpc) is 2.32. The number of hydrogen-bond acceptors (Lipinski definition) is 5. The molecule has 0 aromatic heterocycles. The Labute approximate surface area is 102 Å². The molecule has 0 aromatic rings. The summed E-state index contributed by atoms with van der Waals surface area (Å²) in [5.41, 5.74) is 0. The van der Waals surface area contributed by atoms with E-state index in [0.29, 0.717) is 25.7 Å². The van der Waals surface area contributed by atoms with Gasteiger partial charge in [-0.2, -0.15) is 0 Å². The van der Waals surface area contributed by atoms with Gasteiger partial charge in [0.15, 0.2) is 0 Å². The second-order valence-electron chi connectivity index (χ2n) is 3.80. The fraction of sp³-hybridized carbons (Fsp3) is 0.667. The summed E-state index contributed by atoms with van der Waals surface area (Å²) in [7, 11) is 0. The van der Waals surface area contributed by atoms with E-state index in [1.54, 1.807) is 0 Å². The van der Waals surface area contributed by atoms with E-state index in [1.807, 2.05) is 0 Å². The molecule has 17 heavy (non-hydrogen) atoms. The molecule has 2 atom stereocenters. The maximum Gasteiger partial charge on any atom is 0.125 e. The zero-order valence-electron chi connectivity index (χ0n) is 10.0. The van der Waals surface area contributed by atoms with Gasteiger partial charge in [0, 0.05) is 13.2 Å². The molecule has 100 valence electrons. The third-order valence-corrected chi connectivity index (χ3v) is 2.28. The van der Waals surface area contributed by atoms with Crippen molar-refractivity contribution < 1.29 is 25.2 Å². The molecule has 0 amide bonds. The summed E-state index contributed by atoms with van der Waals surface area (Å²) < 4.78 is 5.12. The minimum atomic E-state index is -0.885. The van der Waals surface area contributed by atoms with Crippen LogP contribution in [0.4, 0.5) is 0 Å². The Morgan fingerprint density at radius 3 is 1.53 bits per heavy atom. The SMILES string of the molecule is C=C(OC(=C)C(O)CCCO)C(O)CCCO. The molecule has 0 saturated heterocycles. The third kappa shape index (κ3) is 7.12. The predicted molar refractivity (Wildman–Crippen MR) is 64.0 cm³/mol. The van der Waals surface area contributed by atoms with Crippen LogP contribution in [0.3, 0.4) is 0 Å². The molecule has 0 bridgehead atoms. The minimum Gasteiger partial charge on any atom is -0.462 e. The first-order valence-electron chi connectivity index (χ1n) is 5.66. The first kappa shape index (κ1) is 16.1. The van der Waals surface area contributed by atoms with Crippen LogP contribution in [0, 0.1) is 0 Å². The summed E-state index contributed by atoms with van der Waals surface area (Å²) in [4.78, 5) is 0. The molecule has 5 nitrogen and oxygen atoms in total. The van der Waals surface area contributed by atoms with E-state index in [4.69, 9.17) is 14.9 Å². The molecule has 0 aromatic carbocycles. The van der Waals surface area contributed by atoms with Crippen molar-refractivity contribution in [3.05, 3.63) is 24.7 Å². The van der Waals surface area contributed by atoms with Gasteiger partial charge in [0.1, 0.15) is 23.7 Å². The lowest BCUT2D eigenvalue weighted by atomic mass is 10.1. The van der Waals surface area contributed by atoms with Gasteiger partial charge >= 0.3 is 0 Å². The number of hydrogen-bond donors (Lipinski definition) is 4. The largest absolute Gasteiger partial charge is 0.462 e. The van der Waals surface area contributed by atoms with E-state index in [-0.39, 0.29) is 24.7 Å². The lowest BCUT2D eigenvalue weighted by Gasteiger charge is -2.19. The van der Waals surface area contributed by atoms with Gasteiger partial charge in [-0.05, 0) is 25.7 Å². The van der Waals surface area contributed by atoms with Crippen LogP contribution in [0.5, 0.6) is 0 Å². The van der Waals surface area contributed by atoms with Crippen molar-refractivity contribution in [2.45, 2.75) is 37.9 Å². The monoisotopic (exact) mass is 246 g/mol. The van der Waals surface area contributed by atoms with Crippen molar-refractivity contribution in [2.75, 3.05) is 13.2 Å². The van der Waals surface area contributed by atoms with Crippen molar-refractivity contribution in [3.63, 3.8) is 0 Å². The van der Waals surface area contributed by atoms with Crippen molar-refractivity contribution in [3.8, 4) is 0 Å². The highest BCUT2D eigenvalue weighted by Crippen LogP contribution is 2.16. The standard InChI is InChI=1S/C12H22O5/c1-9(11(15)5-3-7-13)17-10(2)12(16)6-4-8-14/h11-16H,1-8H2. The van der Waals surface area contributed by atoms with E-state index < -0.39 is 12.2 Å². The Bertz CT molecular complexity index is 215.